The largest absolute Gasteiger partial charge is 0.355 e. The number of nitrogens with one attached hydrogen (secondary N) is 2. The number of hydrogen-bond acceptors (Lipinski definition) is 2. The Morgan fingerprint density at radius 1 is 1.45 bits per heavy atom. The van der Waals surface area contributed by atoms with E-state index >= 15 is 0 Å². The molecule has 1 saturated carbocycles. The molecule has 0 aromatic rings. The van der Waals surface area contributed by atoms with Crippen LogP contribution in [-0.4, -0.2) is 25.5 Å². The summed E-state index contributed by atoms with van der Waals surface area (Å²) in [5.41, 5.74) is 0. The van der Waals surface area contributed by atoms with Gasteiger partial charge < -0.3 is 10.6 Å². The first-order valence-electron chi connectivity index (χ1n) is 4.24. The highest BCUT2D eigenvalue weighted by Gasteiger charge is 2.19. The minimum absolute atomic E-state index is 0.0539. The Kier molecular flexibility index (Phi) is 3.36. The third-order valence-electron chi connectivity index (χ3n) is 1.81. The number of carbonyl (C=O) groups excluding carboxylic acids is 1. The molecule has 0 radical (unpaired) electrons. The van der Waals surface area contributed by atoms with E-state index in [1.807, 2.05) is 0 Å². The molecule has 0 saturated heterocycles. The molecule has 11 heavy (non-hydrogen) atoms. The van der Waals surface area contributed by atoms with Crippen molar-refractivity contribution in [1.29, 1.82) is 0 Å². The van der Waals surface area contributed by atoms with Gasteiger partial charge in [-0.15, -0.1) is 0 Å². The second kappa shape index (κ2) is 4.34. The van der Waals surface area contributed by atoms with E-state index in [1.54, 1.807) is 6.92 Å². The van der Waals surface area contributed by atoms with Crippen molar-refractivity contribution < 1.29 is 4.79 Å². The highest BCUT2D eigenvalue weighted by atomic mass is 16.1. The van der Waals surface area contributed by atoms with Crippen molar-refractivity contribution in [3.63, 3.8) is 0 Å². The van der Waals surface area contributed by atoms with Crippen LogP contribution in [0, 0.1) is 5.92 Å². The van der Waals surface area contributed by atoms with Gasteiger partial charge in [-0.1, -0.05) is 0 Å². The fraction of sp³-hybridized carbons (Fsp3) is 0.875. The van der Waals surface area contributed by atoms with Crippen molar-refractivity contribution in [2.24, 2.45) is 5.92 Å². The molecule has 0 aliphatic heterocycles. The van der Waals surface area contributed by atoms with Crippen LogP contribution in [0.1, 0.15) is 19.8 Å². The average Bonchev–Trinajstić information content (AvgIpc) is 2.70. The van der Waals surface area contributed by atoms with Gasteiger partial charge >= 0.3 is 0 Å². The zero-order chi connectivity index (χ0) is 8.10. The minimum atomic E-state index is 0.0539. The molecule has 0 aromatic carbocycles. The van der Waals surface area contributed by atoms with Crippen molar-refractivity contribution in [1.82, 2.24) is 10.6 Å². The van der Waals surface area contributed by atoms with Crippen LogP contribution in [0.2, 0.25) is 0 Å². The molecule has 3 nitrogen and oxygen atoms in total. The molecule has 0 bridgehead atoms. The second-order valence-electron chi connectivity index (χ2n) is 3.13. The van der Waals surface area contributed by atoms with Gasteiger partial charge in [0, 0.05) is 20.0 Å². The summed E-state index contributed by atoms with van der Waals surface area (Å²) in [7, 11) is 0. The van der Waals surface area contributed by atoms with Gasteiger partial charge in [-0.05, 0) is 25.3 Å². The molecule has 0 unspecified atom stereocenters. The summed E-state index contributed by atoms with van der Waals surface area (Å²) in [4.78, 5) is 10.4. The van der Waals surface area contributed by atoms with E-state index < -0.39 is 0 Å². The second-order valence-corrected chi connectivity index (χ2v) is 3.13. The summed E-state index contributed by atoms with van der Waals surface area (Å²) < 4.78 is 0. The Labute approximate surface area is 67.5 Å². The molecule has 3 heteroatoms. The maximum absolute atomic E-state index is 10.4. The lowest BCUT2D eigenvalue weighted by Crippen LogP contribution is -2.31. The molecule has 0 heterocycles. The van der Waals surface area contributed by atoms with E-state index in [0.717, 1.165) is 25.6 Å². The van der Waals surface area contributed by atoms with Crippen LogP contribution < -0.4 is 10.6 Å². The molecule has 1 aliphatic rings. The highest BCUT2D eigenvalue weighted by Crippen LogP contribution is 2.27. The third kappa shape index (κ3) is 4.79. The van der Waals surface area contributed by atoms with E-state index in [4.69, 9.17) is 0 Å². The lowest BCUT2D eigenvalue weighted by atomic mass is 10.4. The average molecular weight is 156 g/mol. The molecule has 0 spiro atoms. The molecule has 0 atom stereocenters. The van der Waals surface area contributed by atoms with Gasteiger partial charge in [-0.2, -0.15) is 0 Å². The Morgan fingerprint density at radius 2 is 2.18 bits per heavy atom. The van der Waals surface area contributed by atoms with Crippen LogP contribution in [-0.2, 0) is 4.79 Å². The zero-order valence-electron chi connectivity index (χ0n) is 7.02. The molecule has 2 N–H and O–H groups in total. The molecule has 1 rings (SSSR count). The summed E-state index contributed by atoms with van der Waals surface area (Å²) in [6, 6.07) is 0. The molecule has 1 amide bonds. The maximum Gasteiger partial charge on any atom is 0.216 e. The summed E-state index contributed by atoms with van der Waals surface area (Å²) >= 11 is 0. The molecule has 1 aliphatic carbocycles. The molecule has 1 fully saturated rings. The summed E-state index contributed by atoms with van der Waals surface area (Å²) in [6.45, 7) is 4.32. The maximum atomic E-state index is 10.4. The van der Waals surface area contributed by atoms with Gasteiger partial charge in [0.25, 0.3) is 0 Å². The van der Waals surface area contributed by atoms with E-state index in [1.165, 1.54) is 12.8 Å². The quantitative estimate of drug-likeness (QED) is 0.555. The fourth-order valence-electron chi connectivity index (χ4n) is 0.955. The standard InChI is InChI=1S/C8H16N2O/c1-7(11)10-5-4-9-6-8-2-3-8/h8-9H,2-6H2,1H3,(H,10,11). The van der Waals surface area contributed by atoms with Gasteiger partial charge in [-0.25, -0.2) is 0 Å². The molecular formula is C8H16N2O. The van der Waals surface area contributed by atoms with Crippen LogP contribution >= 0.6 is 0 Å². The monoisotopic (exact) mass is 156 g/mol. The van der Waals surface area contributed by atoms with Crippen molar-refractivity contribution in [3.8, 4) is 0 Å². The van der Waals surface area contributed by atoms with Crippen molar-refractivity contribution >= 4 is 5.91 Å². The van der Waals surface area contributed by atoms with E-state index in [-0.39, 0.29) is 5.91 Å². The van der Waals surface area contributed by atoms with E-state index in [0.29, 0.717) is 0 Å². The first kappa shape index (κ1) is 8.53. The first-order chi connectivity index (χ1) is 5.29. The Morgan fingerprint density at radius 3 is 2.73 bits per heavy atom. The number of carbonyl (C=O) groups is 1. The predicted molar refractivity (Wildman–Crippen MR) is 44.3 cm³/mol. The lowest BCUT2D eigenvalue weighted by Gasteiger charge is -2.03. The summed E-state index contributed by atoms with van der Waals surface area (Å²) in [5, 5.41) is 6.03. The van der Waals surface area contributed by atoms with Gasteiger partial charge in [-0.3, -0.25) is 4.79 Å². The number of amides is 1. The lowest BCUT2D eigenvalue weighted by molar-refractivity contribution is -0.118. The minimum Gasteiger partial charge on any atom is -0.355 e. The Hall–Kier alpha value is -0.570. The molecule has 0 aromatic heterocycles. The summed E-state index contributed by atoms with van der Waals surface area (Å²) in [6.07, 6.45) is 2.76. The first-order valence-corrected chi connectivity index (χ1v) is 4.24. The predicted octanol–water partition coefficient (Wildman–Crippen LogP) is 0.122. The van der Waals surface area contributed by atoms with Gasteiger partial charge in [0.15, 0.2) is 0 Å². The van der Waals surface area contributed by atoms with Crippen molar-refractivity contribution in [2.75, 3.05) is 19.6 Å². The van der Waals surface area contributed by atoms with Crippen molar-refractivity contribution in [3.05, 3.63) is 0 Å². The van der Waals surface area contributed by atoms with Crippen LogP contribution in [0.3, 0.4) is 0 Å². The summed E-state index contributed by atoms with van der Waals surface area (Å²) in [5.74, 6) is 0.977. The molecular weight excluding hydrogens is 140 g/mol. The highest BCUT2D eigenvalue weighted by molar-refractivity contribution is 5.72. The number of hydrogen-bond donors (Lipinski definition) is 2. The normalized spacial score (nSPS) is 16.5. The van der Waals surface area contributed by atoms with Crippen LogP contribution in [0.4, 0.5) is 0 Å². The zero-order valence-corrected chi connectivity index (χ0v) is 7.02. The SMILES string of the molecule is CC(=O)NCCNCC1CC1. The molecule has 64 valence electrons. The fourth-order valence-corrected chi connectivity index (χ4v) is 0.955. The van der Waals surface area contributed by atoms with Crippen LogP contribution in [0.15, 0.2) is 0 Å². The van der Waals surface area contributed by atoms with Gasteiger partial charge in [0.2, 0.25) is 5.91 Å². The van der Waals surface area contributed by atoms with Crippen molar-refractivity contribution in [2.45, 2.75) is 19.8 Å². The third-order valence-corrected chi connectivity index (χ3v) is 1.81. The van der Waals surface area contributed by atoms with Gasteiger partial charge in [0.1, 0.15) is 0 Å². The van der Waals surface area contributed by atoms with Crippen LogP contribution in [0.25, 0.3) is 0 Å². The Balaban J connectivity index is 1.76. The van der Waals surface area contributed by atoms with Gasteiger partial charge in [0.05, 0.1) is 0 Å². The Bertz CT molecular complexity index is 132. The van der Waals surface area contributed by atoms with Crippen LogP contribution in [0.5, 0.6) is 0 Å². The van der Waals surface area contributed by atoms with E-state index in [9.17, 15) is 4.79 Å². The van der Waals surface area contributed by atoms with E-state index in [2.05, 4.69) is 10.6 Å². The number of rotatable bonds is 5. The topological polar surface area (TPSA) is 41.1 Å². The smallest absolute Gasteiger partial charge is 0.216 e.